The van der Waals surface area contributed by atoms with Crippen LogP contribution in [-0.4, -0.2) is 33.2 Å². The predicted molar refractivity (Wildman–Crippen MR) is 89.6 cm³/mol. The average molecular weight is 331 g/mol. The molecule has 1 fully saturated rings. The van der Waals surface area contributed by atoms with Crippen LogP contribution in [0.4, 0.5) is 5.88 Å². The van der Waals surface area contributed by atoms with Crippen molar-refractivity contribution in [2.24, 2.45) is 0 Å². The second-order valence-corrected chi connectivity index (χ2v) is 6.44. The summed E-state index contributed by atoms with van der Waals surface area (Å²) >= 11 is 0. The highest BCUT2D eigenvalue weighted by molar-refractivity contribution is 5.91. The van der Waals surface area contributed by atoms with E-state index in [0.717, 1.165) is 25.1 Å². The van der Waals surface area contributed by atoms with Gasteiger partial charge >= 0.3 is 0 Å². The third-order valence-corrected chi connectivity index (χ3v) is 4.73. The van der Waals surface area contributed by atoms with Gasteiger partial charge in [0.25, 0.3) is 0 Å². The van der Waals surface area contributed by atoms with Gasteiger partial charge < -0.3 is 4.42 Å². The molecule has 0 saturated heterocycles. The first kappa shape index (κ1) is 16.7. The number of nitrogens with zero attached hydrogens (tertiary/aromatic N) is 5. The largest absolute Gasteiger partial charge is 0.448 e. The van der Waals surface area contributed by atoms with Crippen LogP contribution in [-0.2, 0) is 11.2 Å². The van der Waals surface area contributed by atoms with Gasteiger partial charge in [-0.25, -0.2) is 4.68 Å². The Hall–Kier alpha value is -2.18. The topological polar surface area (TPSA) is 77.1 Å². The molecular formula is C17H25N5O2. The van der Waals surface area contributed by atoms with Crippen molar-refractivity contribution >= 4 is 11.8 Å². The van der Waals surface area contributed by atoms with Gasteiger partial charge in [-0.1, -0.05) is 19.3 Å². The molecule has 0 atom stereocenters. The summed E-state index contributed by atoms with van der Waals surface area (Å²) in [5, 5.41) is 12.2. The molecule has 1 aliphatic rings. The summed E-state index contributed by atoms with van der Waals surface area (Å²) < 4.78 is 7.25. The second-order valence-electron chi connectivity index (χ2n) is 6.44. The lowest BCUT2D eigenvalue weighted by molar-refractivity contribution is -0.118. The zero-order valence-corrected chi connectivity index (χ0v) is 14.2. The van der Waals surface area contributed by atoms with Crippen LogP contribution < -0.4 is 4.90 Å². The van der Waals surface area contributed by atoms with Crippen molar-refractivity contribution in [1.29, 1.82) is 0 Å². The summed E-state index contributed by atoms with van der Waals surface area (Å²) in [6.45, 7) is 0. The Labute approximate surface area is 142 Å². The number of carbonyl (C=O) groups is 1. The molecule has 24 heavy (non-hydrogen) atoms. The first-order chi connectivity index (χ1) is 11.8. The van der Waals surface area contributed by atoms with E-state index in [9.17, 15) is 4.79 Å². The number of hydrogen-bond donors (Lipinski definition) is 0. The summed E-state index contributed by atoms with van der Waals surface area (Å²) in [7, 11) is 1.74. The van der Waals surface area contributed by atoms with Gasteiger partial charge in [0, 0.05) is 26.0 Å². The van der Waals surface area contributed by atoms with E-state index in [4.69, 9.17) is 4.42 Å². The number of aromatic nitrogens is 4. The fraction of sp³-hybridized carbons (Fsp3) is 0.647. The summed E-state index contributed by atoms with van der Waals surface area (Å²) in [6, 6.07) is 4.02. The van der Waals surface area contributed by atoms with Crippen molar-refractivity contribution in [2.45, 2.75) is 63.8 Å². The monoisotopic (exact) mass is 331 g/mol. The number of hydrogen-bond acceptors (Lipinski definition) is 5. The van der Waals surface area contributed by atoms with Crippen LogP contribution in [0.3, 0.4) is 0 Å². The van der Waals surface area contributed by atoms with Crippen LogP contribution in [0.5, 0.6) is 0 Å². The molecule has 2 aromatic heterocycles. The lowest BCUT2D eigenvalue weighted by Gasteiger charge is -2.22. The van der Waals surface area contributed by atoms with Crippen molar-refractivity contribution in [3.8, 4) is 0 Å². The standard InChI is InChI=1S/C17H25N5O2/c1-21(17-12-7-13-24-17)16(23)11-6-5-10-15-18-19-20-22(15)14-8-3-2-4-9-14/h7,12-14H,2-6,8-11H2,1H3. The van der Waals surface area contributed by atoms with Gasteiger partial charge in [-0.15, -0.1) is 5.10 Å². The smallest absolute Gasteiger partial charge is 0.229 e. The molecule has 130 valence electrons. The molecule has 0 aliphatic heterocycles. The second kappa shape index (κ2) is 8.08. The lowest BCUT2D eigenvalue weighted by Crippen LogP contribution is -2.25. The maximum atomic E-state index is 12.1. The molecule has 7 nitrogen and oxygen atoms in total. The van der Waals surface area contributed by atoms with E-state index in [0.29, 0.717) is 18.3 Å². The Bertz CT molecular complexity index is 631. The van der Waals surface area contributed by atoms with Crippen LogP contribution in [0.2, 0.25) is 0 Å². The Morgan fingerprint density at radius 3 is 2.92 bits per heavy atom. The van der Waals surface area contributed by atoms with Gasteiger partial charge in [0.05, 0.1) is 12.3 Å². The van der Waals surface area contributed by atoms with E-state index < -0.39 is 0 Å². The van der Waals surface area contributed by atoms with Gasteiger partial charge in [0.15, 0.2) is 5.82 Å². The van der Waals surface area contributed by atoms with Crippen LogP contribution >= 0.6 is 0 Å². The molecule has 0 N–H and O–H groups in total. The number of tetrazole rings is 1. The number of anilines is 1. The maximum absolute atomic E-state index is 12.1. The first-order valence-corrected chi connectivity index (χ1v) is 8.82. The summed E-state index contributed by atoms with van der Waals surface area (Å²) in [6.07, 6.45) is 10.8. The van der Waals surface area contributed by atoms with E-state index in [-0.39, 0.29) is 5.91 Å². The quantitative estimate of drug-likeness (QED) is 0.728. The lowest BCUT2D eigenvalue weighted by atomic mass is 9.95. The van der Waals surface area contributed by atoms with Gasteiger partial charge in [-0.2, -0.15) is 0 Å². The summed E-state index contributed by atoms with van der Waals surface area (Å²) in [5.74, 6) is 1.60. The van der Waals surface area contributed by atoms with E-state index in [1.807, 2.05) is 4.68 Å². The molecule has 2 aromatic rings. The number of rotatable bonds is 7. The molecular weight excluding hydrogens is 306 g/mol. The van der Waals surface area contributed by atoms with Gasteiger partial charge in [-0.05, 0) is 42.2 Å². The molecule has 2 heterocycles. The van der Waals surface area contributed by atoms with Gasteiger partial charge in [-0.3, -0.25) is 9.69 Å². The molecule has 1 saturated carbocycles. The predicted octanol–water partition coefficient (Wildman–Crippen LogP) is 3.15. The van der Waals surface area contributed by atoms with E-state index in [1.54, 1.807) is 30.3 Å². The molecule has 7 heteroatoms. The van der Waals surface area contributed by atoms with E-state index in [2.05, 4.69) is 15.5 Å². The van der Waals surface area contributed by atoms with Crippen LogP contribution in [0.25, 0.3) is 0 Å². The van der Waals surface area contributed by atoms with Gasteiger partial charge in [0.2, 0.25) is 11.8 Å². The third-order valence-electron chi connectivity index (χ3n) is 4.73. The molecule has 3 rings (SSSR count). The van der Waals surface area contributed by atoms with Crippen molar-refractivity contribution in [3.05, 3.63) is 24.2 Å². The molecule has 0 unspecified atom stereocenters. The summed E-state index contributed by atoms with van der Waals surface area (Å²) in [5.41, 5.74) is 0. The average Bonchev–Trinajstić information content (AvgIpc) is 3.30. The highest BCUT2D eigenvalue weighted by Crippen LogP contribution is 2.28. The molecule has 0 radical (unpaired) electrons. The molecule has 0 aromatic carbocycles. The van der Waals surface area contributed by atoms with E-state index >= 15 is 0 Å². The van der Waals surface area contributed by atoms with Crippen molar-refractivity contribution in [3.63, 3.8) is 0 Å². The molecule has 0 bridgehead atoms. The van der Waals surface area contributed by atoms with E-state index in [1.165, 1.54) is 32.1 Å². The number of unbranched alkanes of at least 4 members (excludes halogenated alkanes) is 1. The normalized spacial score (nSPS) is 15.5. The minimum atomic E-state index is 0.0665. The van der Waals surface area contributed by atoms with Gasteiger partial charge in [0.1, 0.15) is 0 Å². The van der Waals surface area contributed by atoms with Crippen LogP contribution in [0, 0.1) is 0 Å². The Kier molecular flexibility index (Phi) is 5.61. The fourth-order valence-electron chi connectivity index (χ4n) is 3.30. The maximum Gasteiger partial charge on any atom is 0.229 e. The number of amides is 1. The van der Waals surface area contributed by atoms with Crippen LogP contribution in [0.15, 0.2) is 22.8 Å². The highest BCUT2D eigenvalue weighted by atomic mass is 16.3. The fourth-order valence-corrected chi connectivity index (χ4v) is 3.30. The number of carbonyl (C=O) groups excluding carboxylic acids is 1. The molecule has 1 aliphatic carbocycles. The number of furan rings is 1. The molecule has 1 amide bonds. The minimum absolute atomic E-state index is 0.0665. The zero-order chi connectivity index (χ0) is 16.8. The SMILES string of the molecule is CN(C(=O)CCCCc1nnnn1C1CCCCC1)c1ccco1. The third kappa shape index (κ3) is 4.01. The van der Waals surface area contributed by atoms with Crippen molar-refractivity contribution in [1.82, 2.24) is 20.2 Å². The van der Waals surface area contributed by atoms with Crippen molar-refractivity contribution in [2.75, 3.05) is 11.9 Å². The summed E-state index contributed by atoms with van der Waals surface area (Å²) in [4.78, 5) is 13.7. The molecule has 0 spiro atoms. The highest BCUT2D eigenvalue weighted by Gasteiger charge is 2.20. The van der Waals surface area contributed by atoms with Crippen LogP contribution in [0.1, 0.15) is 63.2 Å². The zero-order valence-electron chi connectivity index (χ0n) is 14.2. The number of aryl methyl sites for hydroxylation is 1. The Morgan fingerprint density at radius 1 is 1.33 bits per heavy atom. The first-order valence-electron chi connectivity index (χ1n) is 8.82. The Balaban J connectivity index is 1.44. The minimum Gasteiger partial charge on any atom is -0.448 e. The van der Waals surface area contributed by atoms with Crippen molar-refractivity contribution < 1.29 is 9.21 Å². The Morgan fingerprint density at radius 2 is 2.17 bits per heavy atom.